The summed E-state index contributed by atoms with van der Waals surface area (Å²) >= 11 is 0. The number of carbonyl (C=O) groups is 2. The minimum absolute atomic E-state index is 0.195. The molecule has 2 amide bonds. The molecule has 160 valence electrons. The third kappa shape index (κ3) is 5.32. The van der Waals surface area contributed by atoms with Crippen LogP contribution in [0.1, 0.15) is 42.6 Å². The van der Waals surface area contributed by atoms with E-state index in [9.17, 15) is 9.59 Å². The van der Waals surface area contributed by atoms with Crippen molar-refractivity contribution in [3.8, 4) is 0 Å². The normalized spacial score (nSPS) is 16.3. The molecule has 0 bridgehead atoms. The summed E-state index contributed by atoms with van der Waals surface area (Å²) in [6, 6.07) is 15.5. The minimum Gasteiger partial charge on any atom is -0.462 e. The zero-order valence-electron chi connectivity index (χ0n) is 18.1. The van der Waals surface area contributed by atoms with Crippen LogP contribution in [0.5, 0.6) is 0 Å². The molecule has 2 aromatic carbocycles. The predicted octanol–water partition coefficient (Wildman–Crippen LogP) is 4.69. The Morgan fingerprint density at radius 1 is 1.10 bits per heavy atom. The fraction of sp³-hybridized carbons (Fsp3) is 0.417. The van der Waals surface area contributed by atoms with Gasteiger partial charge in [0.1, 0.15) is 0 Å². The largest absolute Gasteiger partial charge is 0.462 e. The lowest BCUT2D eigenvalue weighted by molar-refractivity contribution is 0.0501. The van der Waals surface area contributed by atoms with Crippen molar-refractivity contribution < 1.29 is 14.3 Å². The Kier molecular flexibility index (Phi) is 7.33. The van der Waals surface area contributed by atoms with Crippen LogP contribution in [0.3, 0.4) is 0 Å². The number of carbonyl (C=O) groups excluding carboxylic acids is 2. The van der Waals surface area contributed by atoms with E-state index in [0.717, 1.165) is 19.4 Å². The van der Waals surface area contributed by atoms with E-state index in [1.165, 1.54) is 11.3 Å². The maximum atomic E-state index is 12.9. The lowest BCUT2D eigenvalue weighted by atomic mass is 10.1. The van der Waals surface area contributed by atoms with Gasteiger partial charge in [0.25, 0.3) is 0 Å². The molecule has 1 saturated heterocycles. The summed E-state index contributed by atoms with van der Waals surface area (Å²) in [5.74, 6) is -0.406. The van der Waals surface area contributed by atoms with Crippen LogP contribution in [-0.2, 0) is 4.74 Å². The van der Waals surface area contributed by atoms with Gasteiger partial charge in [-0.2, -0.15) is 0 Å². The second-order valence-electron chi connectivity index (χ2n) is 7.79. The summed E-state index contributed by atoms with van der Waals surface area (Å²) in [4.78, 5) is 29.4. The van der Waals surface area contributed by atoms with Crippen molar-refractivity contribution in [3.63, 3.8) is 0 Å². The summed E-state index contributed by atoms with van der Waals surface area (Å²) in [5.41, 5.74) is 3.27. The highest BCUT2D eigenvalue weighted by atomic mass is 16.5. The number of aryl methyl sites for hydroxylation is 1. The smallest absolute Gasteiger partial charge is 0.340 e. The molecule has 6 heteroatoms. The van der Waals surface area contributed by atoms with Crippen LogP contribution in [0.15, 0.2) is 48.5 Å². The molecule has 2 aromatic rings. The Morgan fingerprint density at radius 3 is 2.53 bits per heavy atom. The van der Waals surface area contributed by atoms with Gasteiger partial charge in [0.05, 0.1) is 17.9 Å². The number of urea groups is 1. The van der Waals surface area contributed by atoms with Crippen LogP contribution in [0.2, 0.25) is 0 Å². The Morgan fingerprint density at radius 2 is 1.83 bits per heavy atom. The molecule has 1 aliphatic rings. The summed E-state index contributed by atoms with van der Waals surface area (Å²) in [5, 5.41) is 2.90. The van der Waals surface area contributed by atoms with Crippen LogP contribution in [0, 0.1) is 6.92 Å². The average molecular weight is 410 g/mol. The number of hydrogen-bond acceptors (Lipinski definition) is 4. The first-order valence-electron chi connectivity index (χ1n) is 10.6. The van der Waals surface area contributed by atoms with E-state index in [2.05, 4.69) is 48.3 Å². The molecule has 0 radical (unpaired) electrons. The summed E-state index contributed by atoms with van der Waals surface area (Å²) in [7, 11) is 0. The molecule has 1 fully saturated rings. The van der Waals surface area contributed by atoms with Crippen molar-refractivity contribution in [3.05, 3.63) is 59.7 Å². The lowest BCUT2D eigenvalue weighted by Crippen LogP contribution is -2.54. The second kappa shape index (κ2) is 10.1. The average Bonchev–Trinajstić information content (AvgIpc) is 2.75. The Labute approximate surface area is 178 Å². The number of ether oxygens (including phenoxy) is 1. The first-order valence-corrected chi connectivity index (χ1v) is 10.6. The van der Waals surface area contributed by atoms with Crippen molar-refractivity contribution in [1.29, 1.82) is 0 Å². The SMILES string of the molecule is CCCCOC(=O)c1ccccc1NC(=O)N1CCN(c2ccc(C)cc2)C(C)C1. The van der Waals surface area contributed by atoms with Crippen molar-refractivity contribution in [2.24, 2.45) is 0 Å². The number of piperazine rings is 1. The van der Waals surface area contributed by atoms with Crippen molar-refractivity contribution in [2.75, 3.05) is 36.5 Å². The molecule has 1 heterocycles. The number of nitrogens with one attached hydrogen (secondary N) is 1. The number of hydrogen-bond donors (Lipinski definition) is 1. The lowest BCUT2D eigenvalue weighted by Gasteiger charge is -2.41. The standard InChI is InChI=1S/C24H31N3O3/c1-4-5-16-30-23(28)21-8-6-7-9-22(21)25-24(29)26-14-15-27(19(3)17-26)20-12-10-18(2)11-13-20/h6-13,19H,4-5,14-17H2,1-3H3,(H,25,29). The highest BCUT2D eigenvalue weighted by molar-refractivity contribution is 6.00. The van der Waals surface area contributed by atoms with Crippen molar-refractivity contribution in [2.45, 2.75) is 39.7 Å². The Hall–Kier alpha value is -3.02. The first-order chi connectivity index (χ1) is 14.5. The molecule has 0 spiro atoms. The van der Waals surface area contributed by atoms with Gasteiger partial charge in [0.2, 0.25) is 0 Å². The van der Waals surface area contributed by atoms with Crippen LogP contribution in [0.25, 0.3) is 0 Å². The van der Waals surface area contributed by atoms with E-state index < -0.39 is 5.97 Å². The topological polar surface area (TPSA) is 61.9 Å². The van der Waals surface area contributed by atoms with Gasteiger partial charge in [0, 0.05) is 31.4 Å². The first kappa shape index (κ1) is 21.7. The molecule has 1 atom stereocenters. The number of unbranched alkanes of at least 4 members (excludes halogenated alkanes) is 1. The Bertz CT molecular complexity index is 866. The van der Waals surface area contributed by atoms with E-state index in [4.69, 9.17) is 4.74 Å². The number of para-hydroxylation sites is 1. The highest BCUT2D eigenvalue weighted by Gasteiger charge is 2.27. The minimum atomic E-state index is -0.406. The summed E-state index contributed by atoms with van der Waals surface area (Å²) in [6.45, 7) is 8.62. The van der Waals surface area contributed by atoms with Gasteiger partial charge in [-0.05, 0) is 44.5 Å². The molecule has 30 heavy (non-hydrogen) atoms. The number of nitrogens with zero attached hydrogens (tertiary/aromatic N) is 2. The number of benzene rings is 2. The van der Waals surface area contributed by atoms with E-state index >= 15 is 0 Å². The monoisotopic (exact) mass is 409 g/mol. The number of anilines is 2. The fourth-order valence-corrected chi connectivity index (χ4v) is 3.61. The fourth-order valence-electron chi connectivity index (χ4n) is 3.61. The molecule has 1 unspecified atom stereocenters. The zero-order chi connectivity index (χ0) is 21.5. The van der Waals surface area contributed by atoms with Gasteiger partial charge in [-0.15, -0.1) is 0 Å². The van der Waals surface area contributed by atoms with Crippen LogP contribution >= 0.6 is 0 Å². The zero-order valence-corrected chi connectivity index (χ0v) is 18.1. The number of rotatable bonds is 6. The molecule has 1 N–H and O–H groups in total. The molecular weight excluding hydrogens is 378 g/mol. The molecule has 0 aromatic heterocycles. The third-order valence-electron chi connectivity index (χ3n) is 5.40. The number of amides is 2. The quantitative estimate of drug-likeness (QED) is 0.555. The third-order valence-corrected chi connectivity index (χ3v) is 5.40. The molecule has 6 nitrogen and oxygen atoms in total. The van der Waals surface area contributed by atoms with Crippen LogP contribution in [-0.4, -0.2) is 49.2 Å². The van der Waals surface area contributed by atoms with Gasteiger partial charge in [-0.25, -0.2) is 9.59 Å². The number of esters is 1. The van der Waals surface area contributed by atoms with Gasteiger partial charge >= 0.3 is 12.0 Å². The highest BCUT2D eigenvalue weighted by Crippen LogP contribution is 2.22. The van der Waals surface area contributed by atoms with E-state index in [1.54, 1.807) is 29.2 Å². The maximum absolute atomic E-state index is 12.9. The van der Waals surface area contributed by atoms with Gasteiger partial charge in [0.15, 0.2) is 0 Å². The second-order valence-corrected chi connectivity index (χ2v) is 7.79. The van der Waals surface area contributed by atoms with E-state index in [-0.39, 0.29) is 12.1 Å². The van der Waals surface area contributed by atoms with Gasteiger partial charge in [-0.3, -0.25) is 0 Å². The van der Waals surface area contributed by atoms with E-state index in [0.29, 0.717) is 30.9 Å². The van der Waals surface area contributed by atoms with Gasteiger partial charge in [-0.1, -0.05) is 43.2 Å². The van der Waals surface area contributed by atoms with Crippen LogP contribution < -0.4 is 10.2 Å². The molecule has 3 rings (SSSR count). The summed E-state index contributed by atoms with van der Waals surface area (Å²) < 4.78 is 5.31. The van der Waals surface area contributed by atoms with Crippen LogP contribution in [0.4, 0.5) is 16.2 Å². The van der Waals surface area contributed by atoms with E-state index in [1.807, 2.05) is 6.92 Å². The maximum Gasteiger partial charge on any atom is 0.340 e. The van der Waals surface area contributed by atoms with Crippen molar-refractivity contribution in [1.82, 2.24) is 4.90 Å². The molecular formula is C24H31N3O3. The molecule has 0 saturated carbocycles. The molecule has 0 aliphatic carbocycles. The Balaban J connectivity index is 1.62. The van der Waals surface area contributed by atoms with Crippen molar-refractivity contribution >= 4 is 23.4 Å². The predicted molar refractivity (Wildman–Crippen MR) is 120 cm³/mol. The van der Waals surface area contributed by atoms with Gasteiger partial charge < -0.3 is 19.9 Å². The summed E-state index contributed by atoms with van der Waals surface area (Å²) in [6.07, 6.45) is 1.78. The molecule has 1 aliphatic heterocycles.